The number of rotatable bonds is 5. The maximum Gasteiger partial charge on any atom is 0.418 e. The Balaban J connectivity index is 1.17. The molecule has 6 rings (SSSR count). The summed E-state index contributed by atoms with van der Waals surface area (Å²) in [7, 11) is -3.55. The number of hydrogen-bond acceptors (Lipinski definition) is 7. The van der Waals surface area contributed by atoms with Gasteiger partial charge in [0.05, 0.1) is 15.7 Å². The Morgan fingerprint density at radius 2 is 1.52 bits per heavy atom. The van der Waals surface area contributed by atoms with Crippen LogP contribution in [0.1, 0.15) is 56.2 Å². The topological polar surface area (TPSA) is 73.2 Å². The lowest BCUT2D eigenvalue weighted by atomic mass is 9.77. The molecular weight excluding hydrogens is 614 g/mol. The number of benzene rings is 3. The summed E-state index contributed by atoms with van der Waals surface area (Å²) in [4.78, 5) is 2.70. The first-order chi connectivity index (χ1) is 20.8. The molecule has 0 bridgehead atoms. The molecule has 0 unspecified atom stereocenters. The van der Waals surface area contributed by atoms with E-state index in [2.05, 4.69) is 19.0 Å². The zero-order valence-corrected chi connectivity index (χ0v) is 26.0. The summed E-state index contributed by atoms with van der Waals surface area (Å²) < 4.78 is 83.3. The van der Waals surface area contributed by atoms with Crippen molar-refractivity contribution in [3.05, 3.63) is 77.1 Å². The highest BCUT2D eigenvalue weighted by Crippen LogP contribution is 2.43. The average molecular weight is 648 g/mol. The van der Waals surface area contributed by atoms with Gasteiger partial charge < -0.3 is 10.1 Å². The second-order valence-corrected chi connectivity index (χ2v) is 15.8. The molecule has 0 radical (unpaired) electrons. The first-order valence-corrected chi connectivity index (χ1v) is 16.9. The average Bonchev–Trinajstić information content (AvgIpc) is 3.29. The smallest absolute Gasteiger partial charge is 0.410 e. The van der Waals surface area contributed by atoms with E-state index >= 15 is 0 Å². The number of anilines is 1. The van der Waals surface area contributed by atoms with Crippen molar-refractivity contribution in [1.82, 2.24) is 4.31 Å². The van der Waals surface area contributed by atoms with Crippen LogP contribution in [-0.4, -0.2) is 55.1 Å². The molecular formula is C32H33F4N3O3S2. The van der Waals surface area contributed by atoms with Crippen molar-refractivity contribution in [3.8, 4) is 11.1 Å². The Kier molecular flexibility index (Phi) is 7.99. The minimum Gasteiger partial charge on any atom is -0.410 e. The van der Waals surface area contributed by atoms with Crippen LogP contribution in [0.3, 0.4) is 0 Å². The van der Waals surface area contributed by atoms with Gasteiger partial charge in [-0.3, -0.25) is 0 Å². The van der Waals surface area contributed by atoms with Crippen LogP contribution in [-0.2, 0) is 16.0 Å². The van der Waals surface area contributed by atoms with Crippen molar-refractivity contribution in [2.45, 2.75) is 60.7 Å². The van der Waals surface area contributed by atoms with Gasteiger partial charge >= 0.3 is 6.18 Å². The number of sulfone groups is 1. The van der Waals surface area contributed by atoms with Crippen LogP contribution in [0.15, 0.2) is 69.5 Å². The molecule has 44 heavy (non-hydrogen) atoms. The lowest BCUT2D eigenvalue weighted by Gasteiger charge is -2.36. The zero-order chi connectivity index (χ0) is 31.4. The van der Waals surface area contributed by atoms with Crippen LogP contribution in [0.25, 0.3) is 11.1 Å². The molecule has 3 aromatic carbocycles. The van der Waals surface area contributed by atoms with Crippen molar-refractivity contribution in [2.24, 2.45) is 10.6 Å². The Labute approximate surface area is 258 Å². The maximum atomic E-state index is 13.6. The molecule has 2 fully saturated rings. The van der Waals surface area contributed by atoms with Crippen LogP contribution in [0, 0.1) is 11.2 Å². The van der Waals surface area contributed by atoms with Gasteiger partial charge in [-0.2, -0.15) is 13.2 Å². The first-order valence-electron chi connectivity index (χ1n) is 14.6. The van der Waals surface area contributed by atoms with Crippen molar-refractivity contribution < 1.29 is 31.2 Å². The molecule has 0 aromatic heterocycles. The second-order valence-electron chi connectivity index (χ2n) is 12.4. The Morgan fingerprint density at radius 3 is 2.16 bits per heavy atom. The van der Waals surface area contributed by atoms with Gasteiger partial charge in [0, 0.05) is 47.9 Å². The molecule has 1 saturated carbocycles. The SMILES string of the molecule is CC1(C)CCC(S(=O)(=O)c2ccc3c(c2)/C(=N\O)c2cc(SN4CCN(c5ccc(F)cc5C(F)(F)F)CC4)ccc2-3)CC1. The number of hydrogen-bond donors (Lipinski definition) is 1. The predicted molar refractivity (Wildman–Crippen MR) is 164 cm³/mol. The van der Waals surface area contributed by atoms with E-state index in [9.17, 15) is 31.2 Å². The Morgan fingerprint density at radius 1 is 0.886 bits per heavy atom. The van der Waals surface area contributed by atoms with Gasteiger partial charge in [-0.25, -0.2) is 17.1 Å². The number of halogens is 4. The molecule has 6 nitrogen and oxygen atoms in total. The lowest BCUT2D eigenvalue weighted by Crippen LogP contribution is -2.44. The zero-order valence-electron chi connectivity index (χ0n) is 24.4. The standard InChI is InChI=1S/C32H33F4N3O3S2/c1-31(2)11-9-22(10-12-31)44(41,42)23-5-7-25-24-6-4-21(18-26(24)30(37-40)27(25)19-23)43-39-15-13-38(14-16-39)29-8-3-20(33)17-28(29)32(34,35)36/h3-8,17-19,22,40H,9-16H2,1-2H3/b37-30-. The Hall–Kier alpha value is -3.09. The molecule has 3 aliphatic rings. The minimum atomic E-state index is -4.66. The van der Waals surface area contributed by atoms with E-state index in [0.717, 1.165) is 34.9 Å². The summed E-state index contributed by atoms with van der Waals surface area (Å²) >= 11 is 1.45. The van der Waals surface area contributed by atoms with Crippen molar-refractivity contribution in [1.29, 1.82) is 0 Å². The molecule has 0 amide bonds. The van der Waals surface area contributed by atoms with Gasteiger partial charge in [-0.1, -0.05) is 31.1 Å². The van der Waals surface area contributed by atoms with E-state index in [4.69, 9.17) is 0 Å². The second kappa shape index (κ2) is 11.4. The van der Waals surface area contributed by atoms with Crippen LogP contribution < -0.4 is 4.90 Å². The maximum absolute atomic E-state index is 13.6. The van der Waals surface area contributed by atoms with Crippen LogP contribution in [0.5, 0.6) is 0 Å². The number of oxime groups is 1. The van der Waals surface area contributed by atoms with Gasteiger partial charge in [-0.05, 0) is 96.6 Å². The lowest BCUT2D eigenvalue weighted by molar-refractivity contribution is -0.137. The summed E-state index contributed by atoms with van der Waals surface area (Å²) in [6, 6.07) is 13.5. The third-order valence-electron chi connectivity index (χ3n) is 9.01. The van der Waals surface area contributed by atoms with Crippen LogP contribution in [0.2, 0.25) is 0 Å². The van der Waals surface area contributed by atoms with E-state index in [0.29, 0.717) is 61.9 Å². The van der Waals surface area contributed by atoms with Gasteiger partial charge in [-0.15, -0.1) is 0 Å². The van der Waals surface area contributed by atoms with Gasteiger partial charge in [0.15, 0.2) is 9.84 Å². The fraction of sp³-hybridized carbons (Fsp3) is 0.406. The van der Waals surface area contributed by atoms with E-state index in [1.165, 1.54) is 18.0 Å². The predicted octanol–water partition coefficient (Wildman–Crippen LogP) is 7.62. The van der Waals surface area contributed by atoms with Crippen molar-refractivity contribution >= 4 is 33.2 Å². The summed E-state index contributed by atoms with van der Waals surface area (Å²) in [5.74, 6) is -0.925. The largest absolute Gasteiger partial charge is 0.418 e. The summed E-state index contributed by atoms with van der Waals surface area (Å²) in [6.45, 7) is 5.93. The number of nitrogens with zero attached hydrogens (tertiary/aromatic N) is 3. The van der Waals surface area contributed by atoms with Crippen molar-refractivity contribution in [2.75, 3.05) is 31.1 Å². The summed E-state index contributed by atoms with van der Waals surface area (Å²) in [6.07, 6.45) is -1.71. The molecule has 0 atom stereocenters. The quantitative estimate of drug-likeness (QED) is 0.104. The highest BCUT2D eigenvalue weighted by molar-refractivity contribution is 7.97. The van der Waals surface area contributed by atoms with Gasteiger partial charge in [0.2, 0.25) is 0 Å². The van der Waals surface area contributed by atoms with Crippen LogP contribution in [0.4, 0.5) is 23.2 Å². The fourth-order valence-electron chi connectivity index (χ4n) is 6.45. The minimum absolute atomic E-state index is 0.0312. The molecule has 1 saturated heterocycles. The molecule has 1 N–H and O–H groups in total. The monoisotopic (exact) mass is 647 g/mol. The molecule has 234 valence electrons. The highest BCUT2D eigenvalue weighted by atomic mass is 32.2. The van der Waals surface area contributed by atoms with Crippen LogP contribution >= 0.6 is 11.9 Å². The van der Waals surface area contributed by atoms with Gasteiger partial charge in [0.1, 0.15) is 11.5 Å². The summed E-state index contributed by atoms with van der Waals surface area (Å²) in [5, 5.41) is 13.2. The summed E-state index contributed by atoms with van der Waals surface area (Å²) in [5.41, 5.74) is 2.31. The van der Waals surface area contributed by atoms with E-state index < -0.39 is 32.6 Å². The fourth-order valence-corrected chi connectivity index (χ4v) is 9.18. The molecule has 12 heteroatoms. The number of fused-ring (bicyclic) bond motifs is 3. The first kappa shape index (κ1) is 30.9. The third kappa shape index (κ3) is 5.83. The van der Waals surface area contributed by atoms with Crippen molar-refractivity contribution in [3.63, 3.8) is 0 Å². The van der Waals surface area contributed by atoms with E-state index in [1.54, 1.807) is 23.1 Å². The number of piperazine rings is 1. The highest BCUT2D eigenvalue weighted by Gasteiger charge is 2.38. The molecule has 1 heterocycles. The molecule has 1 aliphatic heterocycles. The number of alkyl halides is 3. The molecule has 0 spiro atoms. The molecule has 3 aromatic rings. The molecule has 2 aliphatic carbocycles. The normalized spacial score (nSPS) is 20.1. The van der Waals surface area contributed by atoms with Gasteiger partial charge in [0.25, 0.3) is 0 Å². The third-order valence-corrected chi connectivity index (χ3v) is 12.4. The van der Waals surface area contributed by atoms with E-state index in [-0.39, 0.29) is 16.0 Å². The van der Waals surface area contributed by atoms with E-state index in [1.807, 2.05) is 22.5 Å². The Bertz CT molecular complexity index is 1720.